The number of nitrogens with one attached hydrogen (secondary N) is 1. The van der Waals surface area contributed by atoms with E-state index < -0.39 is 10.0 Å². The lowest BCUT2D eigenvalue weighted by atomic mass is 10.1. The van der Waals surface area contributed by atoms with Crippen molar-refractivity contribution in [3.63, 3.8) is 0 Å². The third kappa shape index (κ3) is 5.06. The van der Waals surface area contributed by atoms with Crippen LogP contribution in [0, 0.1) is 5.92 Å². The Morgan fingerprint density at radius 1 is 1.33 bits per heavy atom. The van der Waals surface area contributed by atoms with Gasteiger partial charge in [-0.15, -0.1) is 0 Å². The van der Waals surface area contributed by atoms with Gasteiger partial charge in [0.1, 0.15) is 0 Å². The molecule has 0 saturated carbocycles. The maximum Gasteiger partial charge on any atom is 0.240 e. The largest absolute Gasteiger partial charge is 0.396 e. The normalized spacial score (nSPS) is 13.5. The molecule has 2 N–H and O–H groups in total. The van der Waals surface area contributed by atoms with E-state index in [2.05, 4.69) is 20.7 Å². The van der Waals surface area contributed by atoms with Crippen LogP contribution in [0.5, 0.6) is 0 Å². The minimum atomic E-state index is -3.42. The van der Waals surface area contributed by atoms with E-state index in [0.717, 1.165) is 17.3 Å². The lowest BCUT2D eigenvalue weighted by molar-refractivity contribution is 0.228. The van der Waals surface area contributed by atoms with Gasteiger partial charge in [0.25, 0.3) is 0 Å². The Bertz CT molecular complexity index is 459. The van der Waals surface area contributed by atoms with Crippen LogP contribution in [0.1, 0.15) is 19.8 Å². The molecule has 0 aromatic heterocycles. The van der Waals surface area contributed by atoms with Crippen LogP contribution in [-0.4, -0.2) is 26.7 Å². The van der Waals surface area contributed by atoms with E-state index >= 15 is 0 Å². The zero-order valence-electron chi connectivity index (χ0n) is 10.3. The van der Waals surface area contributed by atoms with Crippen LogP contribution in [0.25, 0.3) is 0 Å². The zero-order chi connectivity index (χ0) is 13.6. The van der Waals surface area contributed by atoms with E-state index in [9.17, 15) is 8.42 Å². The standard InChI is InChI=1S/C12H18BrNO3S/c1-10(9-15)3-2-8-14-18(16,17)12-6-4-11(13)5-7-12/h4-7,10,14-15H,2-3,8-9H2,1H3. The van der Waals surface area contributed by atoms with E-state index in [1.54, 1.807) is 24.3 Å². The molecule has 1 rings (SSSR count). The number of hydrogen-bond donors (Lipinski definition) is 2. The summed E-state index contributed by atoms with van der Waals surface area (Å²) in [6, 6.07) is 6.51. The van der Waals surface area contributed by atoms with Crippen molar-refractivity contribution in [2.75, 3.05) is 13.2 Å². The van der Waals surface area contributed by atoms with Crippen LogP contribution in [-0.2, 0) is 10.0 Å². The van der Waals surface area contributed by atoms with Crippen molar-refractivity contribution >= 4 is 26.0 Å². The lowest BCUT2D eigenvalue weighted by Gasteiger charge is -2.09. The van der Waals surface area contributed by atoms with E-state index in [-0.39, 0.29) is 17.4 Å². The van der Waals surface area contributed by atoms with Crippen LogP contribution in [0.4, 0.5) is 0 Å². The summed E-state index contributed by atoms with van der Waals surface area (Å²) in [7, 11) is -3.42. The predicted octanol–water partition coefficient (Wildman–Crippen LogP) is 2.14. The van der Waals surface area contributed by atoms with Crippen LogP contribution < -0.4 is 4.72 Å². The van der Waals surface area contributed by atoms with Crippen molar-refractivity contribution in [3.8, 4) is 0 Å². The number of sulfonamides is 1. The average molecular weight is 336 g/mol. The highest BCUT2D eigenvalue weighted by atomic mass is 79.9. The van der Waals surface area contributed by atoms with Gasteiger partial charge in [0.2, 0.25) is 10.0 Å². The minimum absolute atomic E-state index is 0.138. The molecule has 1 aromatic rings. The summed E-state index contributed by atoms with van der Waals surface area (Å²) in [6.45, 7) is 2.46. The Morgan fingerprint density at radius 2 is 1.94 bits per heavy atom. The third-order valence-electron chi connectivity index (χ3n) is 2.60. The fourth-order valence-corrected chi connectivity index (χ4v) is 2.78. The molecule has 0 radical (unpaired) electrons. The summed E-state index contributed by atoms with van der Waals surface area (Å²) >= 11 is 3.26. The summed E-state index contributed by atoms with van der Waals surface area (Å²) in [4.78, 5) is 0.265. The van der Waals surface area contributed by atoms with Crippen molar-refractivity contribution in [2.24, 2.45) is 5.92 Å². The second-order valence-corrected chi connectivity index (χ2v) is 6.96. The highest BCUT2D eigenvalue weighted by Crippen LogP contribution is 2.14. The summed E-state index contributed by atoms with van der Waals surface area (Å²) in [5.41, 5.74) is 0. The first-order valence-corrected chi connectivity index (χ1v) is 8.09. The summed E-state index contributed by atoms with van der Waals surface area (Å²) in [5, 5.41) is 8.85. The van der Waals surface area contributed by atoms with E-state index in [0.29, 0.717) is 6.54 Å². The Balaban J connectivity index is 2.48. The molecule has 0 bridgehead atoms. The summed E-state index contributed by atoms with van der Waals surface area (Å²) < 4.78 is 27.2. The van der Waals surface area contributed by atoms with E-state index in [1.807, 2.05) is 6.92 Å². The van der Waals surface area contributed by atoms with E-state index in [4.69, 9.17) is 5.11 Å². The van der Waals surface area contributed by atoms with Crippen LogP contribution in [0.15, 0.2) is 33.6 Å². The Labute approximate surface area is 117 Å². The van der Waals surface area contributed by atoms with Gasteiger partial charge in [-0.05, 0) is 43.0 Å². The maximum absolute atomic E-state index is 11.9. The smallest absolute Gasteiger partial charge is 0.240 e. The van der Waals surface area contributed by atoms with Crippen molar-refractivity contribution in [1.29, 1.82) is 0 Å². The molecule has 1 unspecified atom stereocenters. The predicted molar refractivity (Wildman–Crippen MR) is 74.8 cm³/mol. The second kappa shape index (κ2) is 7.23. The van der Waals surface area contributed by atoms with Gasteiger partial charge < -0.3 is 5.11 Å². The SMILES string of the molecule is CC(CO)CCCNS(=O)(=O)c1ccc(Br)cc1. The van der Waals surface area contributed by atoms with Gasteiger partial charge in [0, 0.05) is 17.6 Å². The molecule has 4 nitrogen and oxygen atoms in total. The van der Waals surface area contributed by atoms with Gasteiger partial charge in [-0.2, -0.15) is 0 Å². The molecule has 0 heterocycles. The number of benzene rings is 1. The van der Waals surface area contributed by atoms with Crippen LogP contribution in [0.2, 0.25) is 0 Å². The molecule has 0 spiro atoms. The highest BCUT2D eigenvalue weighted by molar-refractivity contribution is 9.10. The molecule has 0 fully saturated rings. The molecule has 1 atom stereocenters. The fraction of sp³-hybridized carbons (Fsp3) is 0.500. The number of aliphatic hydroxyl groups excluding tert-OH is 1. The van der Waals surface area contributed by atoms with Gasteiger partial charge in [-0.25, -0.2) is 13.1 Å². The quantitative estimate of drug-likeness (QED) is 0.750. The molecule has 18 heavy (non-hydrogen) atoms. The number of halogens is 1. The van der Waals surface area contributed by atoms with Crippen LogP contribution >= 0.6 is 15.9 Å². The van der Waals surface area contributed by atoms with Crippen molar-refractivity contribution < 1.29 is 13.5 Å². The monoisotopic (exact) mass is 335 g/mol. The summed E-state index contributed by atoms with van der Waals surface area (Å²) in [6.07, 6.45) is 1.52. The minimum Gasteiger partial charge on any atom is -0.396 e. The zero-order valence-corrected chi connectivity index (χ0v) is 12.7. The Morgan fingerprint density at radius 3 is 2.50 bits per heavy atom. The van der Waals surface area contributed by atoms with Gasteiger partial charge >= 0.3 is 0 Å². The van der Waals surface area contributed by atoms with Crippen molar-refractivity contribution in [3.05, 3.63) is 28.7 Å². The number of hydrogen-bond acceptors (Lipinski definition) is 3. The number of aliphatic hydroxyl groups is 1. The lowest BCUT2D eigenvalue weighted by Crippen LogP contribution is -2.25. The molecule has 0 saturated heterocycles. The Hall–Kier alpha value is -0.430. The van der Waals surface area contributed by atoms with Crippen molar-refractivity contribution in [2.45, 2.75) is 24.7 Å². The number of rotatable bonds is 7. The molecule has 1 aromatic carbocycles. The molecule has 102 valence electrons. The molecular formula is C12H18BrNO3S. The second-order valence-electron chi connectivity index (χ2n) is 4.28. The summed E-state index contributed by atoms with van der Waals surface area (Å²) in [5.74, 6) is 0.210. The molecule has 0 aliphatic heterocycles. The first kappa shape index (κ1) is 15.6. The average Bonchev–Trinajstić information content (AvgIpc) is 2.35. The maximum atomic E-state index is 11.9. The van der Waals surface area contributed by atoms with Crippen molar-refractivity contribution in [1.82, 2.24) is 4.72 Å². The molecule has 6 heteroatoms. The first-order valence-electron chi connectivity index (χ1n) is 5.82. The topological polar surface area (TPSA) is 66.4 Å². The van der Waals surface area contributed by atoms with Gasteiger partial charge in [-0.3, -0.25) is 0 Å². The molecular weight excluding hydrogens is 318 g/mol. The van der Waals surface area contributed by atoms with Crippen LogP contribution in [0.3, 0.4) is 0 Å². The molecule has 0 amide bonds. The van der Waals surface area contributed by atoms with Gasteiger partial charge in [0.15, 0.2) is 0 Å². The molecule has 0 aliphatic rings. The van der Waals surface area contributed by atoms with Gasteiger partial charge in [-0.1, -0.05) is 22.9 Å². The molecule has 0 aliphatic carbocycles. The fourth-order valence-electron chi connectivity index (χ4n) is 1.45. The first-order chi connectivity index (χ1) is 8.45. The van der Waals surface area contributed by atoms with Gasteiger partial charge in [0.05, 0.1) is 4.90 Å². The Kier molecular flexibility index (Phi) is 6.28. The third-order valence-corrected chi connectivity index (χ3v) is 4.61. The van der Waals surface area contributed by atoms with E-state index in [1.165, 1.54) is 0 Å². The highest BCUT2D eigenvalue weighted by Gasteiger charge is 2.12.